The van der Waals surface area contributed by atoms with Crippen molar-refractivity contribution in [1.82, 2.24) is 9.88 Å². The highest BCUT2D eigenvalue weighted by Crippen LogP contribution is 2.39. The minimum Gasteiger partial charge on any atom is -0.349 e. The van der Waals surface area contributed by atoms with Gasteiger partial charge in [-0.1, -0.05) is 35.7 Å². The summed E-state index contributed by atoms with van der Waals surface area (Å²) in [5.74, 6) is 1.72. The molecule has 5 heteroatoms. The summed E-state index contributed by atoms with van der Waals surface area (Å²) in [6.45, 7) is 0. The van der Waals surface area contributed by atoms with Crippen molar-refractivity contribution >= 4 is 34.3 Å². The maximum Gasteiger partial charge on any atom is 0.259 e. The molecule has 4 nitrogen and oxygen atoms in total. The molecule has 0 unspecified atom stereocenters. The first-order valence-electron chi connectivity index (χ1n) is 7.26. The largest absolute Gasteiger partial charge is 0.349 e. The molecule has 1 aromatic heterocycles. The van der Waals surface area contributed by atoms with Crippen molar-refractivity contribution in [3.8, 4) is 23.5 Å². The molecular formula is C19H11ClN2O2. The molecule has 1 aliphatic heterocycles. The lowest BCUT2D eigenvalue weighted by atomic mass is 9.92. The molecule has 1 aliphatic rings. The predicted octanol–water partition coefficient (Wildman–Crippen LogP) is 3.36. The van der Waals surface area contributed by atoms with E-state index in [-0.39, 0.29) is 0 Å². The molecule has 0 spiro atoms. The van der Waals surface area contributed by atoms with Gasteiger partial charge in [0.05, 0.1) is 22.2 Å². The van der Waals surface area contributed by atoms with Crippen LogP contribution in [-0.2, 0) is 7.05 Å². The maximum absolute atomic E-state index is 12.4. The normalized spacial score (nSPS) is 13.0. The molecule has 0 saturated carbocycles. The van der Waals surface area contributed by atoms with Crippen LogP contribution in [0.1, 0.15) is 26.3 Å². The zero-order valence-electron chi connectivity index (χ0n) is 12.7. The van der Waals surface area contributed by atoms with Crippen LogP contribution in [0.2, 0.25) is 5.02 Å². The van der Waals surface area contributed by atoms with Crippen molar-refractivity contribution in [2.45, 2.75) is 0 Å². The second kappa shape index (κ2) is 4.98. The summed E-state index contributed by atoms with van der Waals surface area (Å²) < 4.78 is 1.85. The minimum absolute atomic E-state index is 0.320. The van der Waals surface area contributed by atoms with Gasteiger partial charge in [0.15, 0.2) is 0 Å². The van der Waals surface area contributed by atoms with E-state index in [1.54, 1.807) is 12.3 Å². The number of hydrogen-bond donors (Lipinski definition) is 1. The lowest BCUT2D eigenvalue weighted by Crippen LogP contribution is -2.20. The van der Waals surface area contributed by atoms with Gasteiger partial charge >= 0.3 is 0 Å². The highest BCUT2D eigenvalue weighted by molar-refractivity contribution is 6.35. The number of halogens is 1. The van der Waals surface area contributed by atoms with E-state index < -0.39 is 11.8 Å². The van der Waals surface area contributed by atoms with E-state index in [0.29, 0.717) is 38.2 Å². The van der Waals surface area contributed by atoms with E-state index in [9.17, 15) is 9.59 Å². The number of hydrogen-bond acceptors (Lipinski definition) is 2. The van der Waals surface area contributed by atoms with Crippen LogP contribution < -0.4 is 5.32 Å². The number of imide groups is 1. The molecule has 0 saturated heterocycles. The van der Waals surface area contributed by atoms with E-state index >= 15 is 0 Å². The number of terminal acetylenes is 1. The predicted molar refractivity (Wildman–Crippen MR) is 93.1 cm³/mol. The molecule has 116 valence electrons. The third-order valence-electron chi connectivity index (χ3n) is 4.28. The first-order valence-corrected chi connectivity index (χ1v) is 7.64. The van der Waals surface area contributed by atoms with Crippen LogP contribution in [0.15, 0.2) is 36.5 Å². The van der Waals surface area contributed by atoms with E-state index in [1.165, 1.54) is 0 Å². The third kappa shape index (κ3) is 1.82. The Kier molecular flexibility index (Phi) is 3.02. The topological polar surface area (TPSA) is 51.1 Å². The zero-order chi connectivity index (χ0) is 17.0. The number of carbonyl (C=O) groups is 2. The van der Waals surface area contributed by atoms with Crippen LogP contribution in [0.25, 0.3) is 22.0 Å². The molecule has 3 aromatic rings. The van der Waals surface area contributed by atoms with Crippen molar-refractivity contribution in [2.75, 3.05) is 0 Å². The summed E-state index contributed by atoms with van der Waals surface area (Å²) in [7, 11) is 1.85. The lowest BCUT2D eigenvalue weighted by molar-refractivity contribution is 0.0880. The third-order valence-corrected chi connectivity index (χ3v) is 4.61. The lowest BCUT2D eigenvalue weighted by Gasteiger charge is -2.10. The van der Waals surface area contributed by atoms with Crippen LogP contribution in [-0.4, -0.2) is 16.4 Å². The Morgan fingerprint density at radius 2 is 1.83 bits per heavy atom. The molecule has 0 bridgehead atoms. The Balaban J connectivity index is 2.22. The molecule has 2 aromatic carbocycles. The zero-order valence-corrected chi connectivity index (χ0v) is 13.4. The van der Waals surface area contributed by atoms with Gasteiger partial charge in [0.25, 0.3) is 11.8 Å². The standard InChI is InChI=1S/C19H11ClN2O2/c1-3-10-9-22(2)14-8-12(11-6-4-5-7-13(11)20)16-17(15(10)14)19(24)21-18(16)23/h1,4-9H,2H3,(H,21,23,24). The van der Waals surface area contributed by atoms with Gasteiger partial charge in [-0.05, 0) is 17.7 Å². The summed E-state index contributed by atoms with van der Waals surface area (Å²) in [6, 6.07) is 9.08. The van der Waals surface area contributed by atoms with Crippen molar-refractivity contribution < 1.29 is 9.59 Å². The van der Waals surface area contributed by atoms with Crippen LogP contribution in [0, 0.1) is 12.3 Å². The van der Waals surface area contributed by atoms with E-state index in [1.807, 2.05) is 35.9 Å². The molecule has 24 heavy (non-hydrogen) atoms. The monoisotopic (exact) mass is 334 g/mol. The summed E-state index contributed by atoms with van der Waals surface area (Å²) in [5.41, 5.74) is 3.33. The van der Waals surface area contributed by atoms with Crippen LogP contribution >= 0.6 is 11.6 Å². The summed E-state index contributed by atoms with van der Waals surface area (Å²) in [6.07, 6.45) is 7.35. The number of nitrogens with one attached hydrogen (secondary N) is 1. The fourth-order valence-corrected chi connectivity index (χ4v) is 3.48. The van der Waals surface area contributed by atoms with Gasteiger partial charge < -0.3 is 4.57 Å². The molecule has 0 radical (unpaired) electrons. The summed E-state index contributed by atoms with van der Waals surface area (Å²) in [5, 5.41) is 3.50. The number of nitrogens with zero attached hydrogens (tertiary/aromatic N) is 1. The second-order valence-electron chi connectivity index (χ2n) is 5.63. The smallest absolute Gasteiger partial charge is 0.259 e. The first kappa shape index (κ1) is 14.6. The molecule has 0 fully saturated rings. The van der Waals surface area contributed by atoms with Crippen LogP contribution in [0.4, 0.5) is 0 Å². The van der Waals surface area contributed by atoms with Gasteiger partial charge in [-0.25, -0.2) is 0 Å². The van der Waals surface area contributed by atoms with Crippen LogP contribution in [0.5, 0.6) is 0 Å². The fraction of sp³-hybridized carbons (Fsp3) is 0.0526. The average molecular weight is 335 g/mol. The number of carbonyl (C=O) groups excluding carboxylic acids is 2. The molecule has 2 heterocycles. The molecule has 0 aliphatic carbocycles. The highest BCUT2D eigenvalue weighted by atomic mass is 35.5. The van der Waals surface area contributed by atoms with Crippen LogP contribution in [0.3, 0.4) is 0 Å². The van der Waals surface area contributed by atoms with E-state index in [4.69, 9.17) is 18.0 Å². The number of aromatic nitrogens is 1. The Hall–Kier alpha value is -3.03. The first-order chi connectivity index (χ1) is 11.5. The van der Waals surface area contributed by atoms with Crippen molar-refractivity contribution in [2.24, 2.45) is 7.05 Å². The second-order valence-corrected chi connectivity index (χ2v) is 6.04. The SMILES string of the molecule is C#Cc1cn(C)c2cc(-c3ccccc3Cl)c3c(c12)C(=O)NC3=O. The number of rotatable bonds is 1. The van der Waals surface area contributed by atoms with Gasteiger partial charge in [0.1, 0.15) is 0 Å². The Morgan fingerprint density at radius 3 is 2.54 bits per heavy atom. The minimum atomic E-state index is -0.434. The maximum atomic E-state index is 12.4. The molecule has 1 N–H and O–H groups in total. The number of fused-ring (bicyclic) bond motifs is 3. The van der Waals surface area contributed by atoms with Crippen molar-refractivity contribution in [3.63, 3.8) is 0 Å². The quantitative estimate of drug-likeness (QED) is 0.548. The van der Waals surface area contributed by atoms with E-state index in [0.717, 1.165) is 5.52 Å². The average Bonchev–Trinajstić information content (AvgIpc) is 3.04. The van der Waals surface area contributed by atoms with Crippen molar-refractivity contribution in [3.05, 3.63) is 58.2 Å². The van der Waals surface area contributed by atoms with E-state index in [2.05, 4.69) is 11.2 Å². The molecule has 4 rings (SSSR count). The van der Waals surface area contributed by atoms with Gasteiger partial charge in [-0.3, -0.25) is 14.9 Å². The highest BCUT2D eigenvalue weighted by Gasteiger charge is 2.34. The number of aryl methyl sites for hydroxylation is 1. The molecule has 2 amide bonds. The Labute approximate surface area is 143 Å². The summed E-state index contributed by atoms with van der Waals surface area (Å²) >= 11 is 6.31. The Morgan fingerprint density at radius 1 is 1.12 bits per heavy atom. The molecular weight excluding hydrogens is 324 g/mol. The van der Waals surface area contributed by atoms with Gasteiger partial charge in [-0.2, -0.15) is 0 Å². The number of benzene rings is 2. The van der Waals surface area contributed by atoms with Gasteiger partial charge in [-0.15, -0.1) is 6.42 Å². The van der Waals surface area contributed by atoms with Gasteiger partial charge in [0.2, 0.25) is 0 Å². The fourth-order valence-electron chi connectivity index (χ4n) is 3.24. The summed E-state index contributed by atoms with van der Waals surface area (Å²) in [4.78, 5) is 24.8. The number of amides is 2. The van der Waals surface area contributed by atoms with Crippen molar-refractivity contribution in [1.29, 1.82) is 0 Å². The molecule has 0 atom stereocenters. The Bertz CT molecular complexity index is 1100. The van der Waals surface area contributed by atoms with Gasteiger partial charge in [0, 0.05) is 29.2 Å².